The zero-order chi connectivity index (χ0) is 16.1. The van der Waals surface area contributed by atoms with Crippen LogP contribution in [0.5, 0.6) is 0 Å². The van der Waals surface area contributed by atoms with E-state index in [2.05, 4.69) is 39.0 Å². The van der Waals surface area contributed by atoms with Gasteiger partial charge >= 0.3 is 0 Å². The molecule has 0 radical (unpaired) electrons. The minimum absolute atomic E-state index is 0.480. The molecule has 3 rings (SSSR count). The smallest absolute Gasteiger partial charge is 0.257 e. The molecule has 0 fully saturated rings. The molecule has 0 unspecified atom stereocenters. The Morgan fingerprint density at radius 3 is 2.30 bits per heavy atom. The van der Waals surface area contributed by atoms with Gasteiger partial charge in [-0.25, -0.2) is 5.43 Å². The summed E-state index contributed by atoms with van der Waals surface area (Å²) in [5.41, 5.74) is 7.30. The van der Waals surface area contributed by atoms with Crippen molar-refractivity contribution in [1.29, 1.82) is 0 Å². The maximum Gasteiger partial charge on any atom is 0.257 e. The van der Waals surface area contributed by atoms with E-state index >= 15 is 0 Å². The minimum atomic E-state index is 0.480. The second kappa shape index (κ2) is 7.02. The Balaban J connectivity index is 1.58. The Hall–Kier alpha value is -2.73. The molecule has 116 valence electrons. The zero-order valence-electron chi connectivity index (χ0n) is 12.9. The summed E-state index contributed by atoms with van der Waals surface area (Å²) in [6, 6.07) is 16.2. The molecule has 1 heterocycles. The summed E-state index contributed by atoms with van der Waals surface area (Å²) in [5, 5.41) is 8.10. The van der Waals surface area contributed by atoms with Crippen molar-refractivity contribution in [1.82, 2.24) is 9.36 Å². The molecule has 0 aliphatic heterocycles. The molecule has 0 saturated carbocycles. The second-order valence-electron chi connectivity index (χ2n) is 5.19. The number of aromatic nitrogens is 2. The number of nitrogens with one attached hydrogen (secondary N) is 2. The van der Waals surface area contributed by atoms with Crippen LogP contribution in [0.3, 0.4) is 0 Å². The normalized spacial score (nSPS) is 10.9. The van der Waals surface area contributed by atoms with Crippen LogP contribution >= 0.6 is 11.5 Å². The van der Waals surface area contributed by atoms with Crippen molar-refractivity contribution in [2.75, 3.05) is 10.7 Å². The summed E-state index contributed by atoms with van der Waals surface area (Å²) in [4.78, 5) is 4.34. The fraction of sp³-hybridized carbons (Fsp3) is 0.118. The third-order valence-electron chi connectivity index (χ3n) is 3.18. The molecule has 1 aromatic heterocycles. The van der Waals surface area contributed by atoms with E-state index in [1.54, 1.807) is 6.21 Å². The molecule has 0 atom stereocenters. The van der Waals surface area contributed by atoms with Gasteiger partial charge in [0.15, 0.2) is 0 Å². The number of anilines is 3. The largest absolute Gasteiger partial charge is 0.330 e. The van der Waals surface area contributed by atoms with E-state index in [4.69, 9.17) is 0 Å². The van der Waals surface area contributed by atoms with Crippen LogP contribution < -0.4 is 10.7 Å². The number of hydrazone groups is 1. The summed E-state index contributed by atoms with van der Waals surface area (Å²) >= 11 is 1.29. The molecule has 5 nitrogen and oxygen atoms in total. The fourth-order valence-electron chi connectivity index (χ4n) is 1.90. The van der Waals surface area contributed by atoms with E-state index in [0.29, 0.717) is 5.95 Å². The van der Waals surface area contributed by atoms with Crippen LogP contribution in [0.1, 0.15) is 16.7 Å². The second-order valence-corrected chi connectivity index (χ2v) is 5.95. The molecule has 0 spiro atoms. The highest BCUT2D eigenvalue weighted by Crippen LogP contribution is 2.20. The highest BCUT2D eigenvalue weighted by molar-refractivity contribution is 7.10. The Morgan fingerprint density at radius 1 is 0.957 bits per heavy atom. The number of hydrogen-bond acceptors (Lipinski definition) is 6. The number of benzene rings is 2. The molecule has 6 heteroatoms. The Morgan fingerprint density at radius 2 is 1.61 bits per heavy atom. The first kappa shape index (κ1) is 15.2. The van der Waals surface area contributed by atoms with Gasteiger partial charge in [0.2, 0.25) is 5.13 Å². The van der Waals surface area contributed by atoms with Gasteiger partial charge in [0, 0.05) is 17.2 Å². The third kappa shape index (κ3) is 4.37. The van der Waals surface area contributed by atoms with Gasteiger partial charge in [-0.05, 0) is 31.5 Å². The van der Waals surface area contributed by atoms with Crippen molar-refractivity contribution >= 4 is 34.5 Å². The van der Waals surface area contributed by atoms with Crippen LogP contribution in [-0.4, -0.2) is 15.6 Å². The van der Waals surface area contributed by atoms with Gasteiger partial charge in [0.1, 0.15) is 0 Å². The lowest BCUT2D eigenvalue weighted by Crippen LogP contribution is -1.93. The highest BCUT2D eigenvalue weighted by atomic mass is 32.1. The van der Waals surface area contributed by atoms with Crippen LogP contribution in [-0.2, 0) is 0 Å². The van der Waals surface area contributed by atoms with Gasteiger partial charge in [-0.1, -0.05) is 47.5 Å². The van der Waals surface area contributed by atoms with Crippen molar-refractivity contribution in [3.63, 3.8) is 0 Å². The van der Waals surface area contributed by atoms with E-state index < -0.39 is 0 Å². The molecular formula is C17H17N5S. The van der Waals surface area contributed by atoms with E-state index in [1.165, 1.54) is 22.7 Å². The number of aryl methyl sites for hydroxylation is 2. The quantitative estimate of drug-likeness (QED) is 0.541. The van der Waals surface area contributed by atoms with Crippen molar-refractivity contribution in [2.24, 2.45) is 5.10 Å². The van der Waals surface area contributed by atoms with E-state index in [1.807, 2.05) is 48.5 Å². The maximum atomic E-state index is 4.34. The van der Waals surface area contributed by atoms with Crippen LogP contribution in [0.2, 0.25) is 0 Å². The molecule has 0 bridgehead atoms. The monoisotopic (exact) mass is 323 g/mol. The van der Waals surface area contributed by atoms with Gasteiger partial charge in [0.25, 0.3) is 5.95 Å². The average Bonchev–Trinajstić information content (AvgIpc) is 2.99. The summed E-state index contributed by atoms with van der Waals surface area (Å²) in [7, 11) is 0. The van der Waals surface area contributed by atoms with Crippen LogP contribution in [0.4, 0.5) is 16.8 Å². The topological polar surface area (TPSA) is 62.2 Å². The lowest BCUT2D eigenvalue weighted by molar-refractivity contribution is 1.21. The maximum absolute atomic E-state index is 4.34. The predicted molar refractivity (Wildman–Crippen MR) is 96.8 cm³/mol. The summed E-state index contributed by atoms with van der Waals surface area (Å²) in [5.74, 6) is 0.480. The number of nitrogens with zero attached hydrogens (tertiary/aromatic N) is 3. The van der Waals surface area contributed by atoms with Crippen LogP contribution in [0.25, 0.3) is 0 Å². The van der Waals surface area contributed by atoms with Crippen molar-refractivity contribution in [3.8, 4) is 0 Å². The van der Waals surface area contributed by atoms with Gasteiger partial charge in [0.05, 0.1) is 6.21 Å². The Bertz CT molecular complexity index is 791. The third-order valence-corrected chi connectivity index (χ3v) is 3.81. The average molecular weight is 323 g/mol. The summed E-state index contributed by atoms with van der Waals surface area (Å²) < 4.78 is 4.22. The molecule has 0 aliphatic rings. The first-order chi connectivity index (χ1) is 11.2. The van der Waals surface area contributed by atoms with E-state index in [-0.39, 0.29) is 0 Å². The highest BCUT2D eigenvalue weighted by Gasteiger charge is 2.03. The number of rotatable bonds is 5. The molecule has 0 saturated heterocycles. The standard InChI is InChI=1S/C17H17N5S/c1-12-3-7-14(8-4-12)11-18-21-16-20-17(23-22-16)19-15-9-5-13(2)6-10-15/h3-11H,1-2H3,(H2,19,20,21,22)/b18-11+. The first-order valence-corrected chi connectivity index (χ1v) is 7.99. The van der Waals surface area contributed by atoms with E-state index in [0.717, 1.165) is 16.4 Å². The van der Waals surface area contributed by atoms with Gasteiger partial charge in [-0.2, -0.15) is 10.1 Å². The zero-order valence-corrected chi connectivity index (χ0v) is 13.8. The number of hydrogen-bond donors (Lipinski definition) is 2. The summed E-state index contributed by atoms with van der Waals surface area (Å²) in [6.07, 6.45) is 1.74. The van der Waals surface area contributed by atoms with Crippen LogP contribution in [0, 0.1) is 13.8 Å². The van der Waals surface area contributed by atoms with Gasteiger partial charge < -0.3 is 5.32 Å². The van der Waals surface area contributed by atoms with Crippen molar-refractivity contribution in [3.05, 3.63) is 65.2 Å². The van der Waals surface area contributed by atoms with Crippen LogP contribution in [0.15, 0.2) is 53.6 Å². The lowest BCUT2D eigenvalue weighted by atomic mass is 10.2. The Kier molecular flexibility index (Phi) is 4.63. The van der Waals surface area contributed by atoms with Crippen molar-refractivity contribution in [2.45, 2.75) is 13.8 Å². The lowest BCUT2D eigenvalue weighted by Gasteiger charge is -2.01. The molecule has 2 aromatic carbocycles. The summed E-state index contributed by atoms with van der Waals surface area (Å²) in [6.45, 7) is 4.11. The molecule has 23 heavy (non-hydrogen) atoms. The molecule has 2 N–H and O–H groups in total. The molecule has 0 amide bonds. The Labute approximate surface area is 139 Å². The molecule has 3 aromatic rings. The molecule has 0 aliphatic carbocycles. The molecular weight excluding hydrogens is 306 g/mol. The predicted octanol–water partition coefficient (Wildman–Crippen LogP) is 4.34. The minimum Gasteiger partial charge on any atom is -0.330 e. The van der Waals surface area contributed by atoms with Gasteiger partial charge in [-0.15, -0.1) is 4.37 Å². The van der Waals surface area contributed by atoms with E-state index in [9.17, 15) is 0 Å². The fourth-order valence-corrected chi connectivity index (χ4v) is 2.44. The SMILES string of the molecule is Cc1ccc(/C=N/Nc2nsc(Nc3ccc(C)cc3)n2)cc1. The van der Waals surface area contributed by atoms with Gasteiger partial charge in [-0.3, -0.25) is 0 Å². The first-order valence-electron chi connectivity index (χ1n) is 7.22. The van der Waals surface area contributed by atoms with Crippen molar-refractivity contribution < 1.29 is 0 Å².